The molecule has 0 aliphatic carbocycles. The number of halogens is 2. The summed E-state index contributed by atoms with van der Waals surface area (Å²) in [6, 6.07) is 1.80. The van der Waals surface area contributed by atoms with Crippen molar-refractivity contribution in [1.29, 1.82) is 0 Å². The fourth-order valence-electron chi connectivity index (χ4n) is 0.671. The third-order valence-electron chi connectivity index (χ3n) is 1.09. The molecule has 0 aliphatic heterocycles. The molecule has 0 aromatic carbocycles. The Morgan fingerprint density at radius 2 is 1.92 bits per heavy atom. The van der Waals surface area contributed by atoms with Crippen LogP contribution in [0.15, 0.2) is 12.1 Å². The van der Waals surface area contributed by atoms with E-state index in [9.17, 15) is 13.6 Å². The number of amides is 1. The average Bonchev–Trinajstić information content (AvgIpc) is 1.99. The summed E-state index contributed by atoms with van der Waals surface area (Å²) >= 11 is 0. The second kappa shape index (κ2) is 3.63. The second-order valence-corrected chi connectivity index (χ2v) is 2.12. The highest BCUT2D eigenvalue weighted by molar-refractivity contribution is 5.92. The van der Waals surface area contributed by atoms with Crippen LogP contribution in [0, 0.1) is 23.7 Å². The highest BCUT2D eigenvalue weighted by atomic mass is 19.1. The summed E-state index contributed by atoms with van der Waals surface area (Å²) in [7, 11) is 0. The Hall–Kier alpha value is -1.96. The Kier molecular flexibility index (Phi) is 2.55. The number of hydrogen-bond donors (Lipinski definition) is 1. The number of nitrogens with two attached hydrogens (primary N) is 1. The van der Waals surface area contributed by atoms with Gasteiger partial charge in [0.25, 0.3) is 5.91 Å². The van der Waals surface area contributed by atoms with Crippen molar-refractivity contribution in [2.45, 2.75) is 0 Å². The number of hydrogen-bond acceptors (Lipinski definition) is 2. The lowest BCUT2D eigenvalue weighted by molar-refractivity contribution is -0.112. The molecule has 1 aromatic heterocycles. The van der Waals surface area contributed by atoms with E-state index in [1.54, 1.807) is 0 Å². The lowest BCUT2D eigenvalue weighted by Crippen LogP contribution is -2.06. The summed E-state index contributed by atoms with van der Waals surface area (Å²) < 4.78 is 24.8. The van der Waals surface area contributed by atoms with Gasteiger partial charge in [-0.05, 0) is 5.92 Å². The normalized spacial score (nSPS) is 8.77. The van der Waals surface area contributed by atoms with Gasteiger partial charge in [-0.3, -0.25) is 4.79 Å². The highest BCUT2D eigenvalue weighted by Crippen LogP contribution is 2.01. The van der Waals surface area contributed by atoms with Crippen LogP contribution in [0.2, 0.25) is 0 Å². The standard InChI is InChI=1S/C8H4F2N2O/c9-6-3-5(1-2-8(11)13)4-7(10)12-6/h3-4H,(H2,11,13). The molecule has 1 aromatic rings. The lowest BCUT2D eigenvalue weighted by Gasteiger charge is -1.90. The zero-order chi connectivity index (χ0) is 9.84. The first kappa shape index (κ1) is 9.13. The van der Waals surface area contributed by atoms with Crippen LogP contribution in [0.5, 0.6) is 0 Å². The van der Waals surface area contributed by atoms with Crippen molar-refractivity contribution in [1.82, 2.24) is 4.98 Å². The van der Waals surface area contributed by atoms with E-state index in [2.05, 4.69) is 10.9 Å². The number of primary amides is 1. The molecule has 0 bridgehead atoms. The SMILES string of the molecule is NC(=O)C#Cc1cc(F)nc(F)c1. The van der Waals surface area contributed by atoms with E-state index in [4.69, 9.17) is 5.73 Å². The molecule has 0 saturated heterocycles. The average molecular weight is 182 g/mol. The number of aromatic nitrogens is 1. The Balaban J connectivity index is 3.04. The maximum atomic E-state index is 12.4. The molecule has 1 rings (SSSR count). The van der Waals surface area contributed by atoms with Gasteiger partial charge in [0, 0.05) is 17.7 Å². The van der Waals surface area contributed by atoms with Gasteiger partial charge in [-0.1, -0.05) is 5.92 Å². The van der Waals surface area contributed by atoms with Gasteiger partial charge in [0.05, 0.1) is 0 Å². The number of pyridine rings is 1. The van der Waals surface area contributed by atoms with Gasteiger partial charge >= 0.3 is 0 Å². The van der Waals surface area contributed by atoms with Crippen LogP contribution in [0.1, 0.15) is 5.56 Å². The first-order valence-electron chi connectivity index (χ1n) is 3.22. The zero-order valence-corrected chi connectivity index (χ0v) is 6.34. The molecule has 66 valence electrons. The Labute approximate surface area is 72.6 Å². The lowest BCUT2D eigenvalue weighted by atomic mass is 10.3. The fourth-order valence-corrected chi connectivity index (χ4v) is 0.671. The largest absolute Gasteiger partial charge is 0.359 e. The quantitative estimate of drug-likeness (QED) is 0.460. The van der Waals surface area contributed by atoms with Crippen LogP contribution < -0.4 is 5.73 Å². The molecule has 13 heavy (non-hydrogen) atoms. The first-order valence-corrected chi connectivity index (χ1v) is 3.22. The van der Waals surface area contributed by atoms with Crippen molar-refractivity contribution >= 4 is 5.91 Å². The van der Waals surface area contributed by atoms with Crippen molar-refractivity contribution < 1.29 is 13.6 Å². The molecule has 0 fully saturated rings. The molecule has 0 unspecified atom stereocenters. The predicted octanol–water partition coefficient (Wildman–Crippen LogP) is 0.197. The van der Waals surface area contributed by atoms with Gasteiger partial charge in [0.1, 0.15) is 0 Å². The zero-order valence-electron chi connectivity index (χ0n) is 6.34. The minimum atomic E-state index is -0.992. The molecule has 0 aliphatic rings. The van der Waals surface area contributed by atoms with Crippen molar-refractivity contribution in [3.05, 3.63) is 29.6 Å². The molecule has 0 saturated carbocycles. The van der Waals surface area contributed by atoms with Crippen molar-refractivity contribution in [2.24, 2.45) is 5.73 Å². The molecule has 3 nitrogen and oxygen atoms in total. The van der Waals surface area contributed by atoms with E-state index >= 15 is 0 Å². The van der Waals surface area contributed by atoms with E-state index in [1.807, 2.05) is 5.92 Å². The second-order valence-electron chi connectivity index (χ2n) is 2.12. The molecule has 0 atom stereocenters. The minimum absolute atomic E-state index is 0.0174. The van der Waals surface area contributed by atoms with Crippen LogP contribution in [0.3, 0.4) is 0 Å². The smallest absolute Gasteiger partial charge is 0.293 e. The summed E-state index contributed by atoms with van der Waals surface area (Å²) in [6.45, 7) is 0. The van der Waals surface area contributed by atoms with Crippen LogP contribution >= 0.6 is 0 Å². The third-order valence-corrected chi connectivity index (χ3v) is 1.09. The van der Waals surface area contributed by atoms with Crippen molar-refractivity contribution in [3.63, 3.8) is 0 Å². The third kappa shape index (κ3) is 2.87. The fraction of sp³-hybridized carbons (Fsp3) is 0. The van der Waals surface area contributed by atoms with Crippen LogP contribution in [0.25, 0.3) is 0 Å². The Bertz CT molecular complexity index is 386. The van der Waals surface area contributed by atoms with Crippen LogP contribution in [0.4, 0.5) is 8.78 Å². The number of carbonyl (C=O) groups is 1. The molecule has 2 N–H and O–H groups in total. The number of carbonyl (C=O) groups excluding carboxylic acids is 1. The monoisotopic (exact) mass is 182 g/mol. The summed E-state index contributed by atoms with van der Waals surface area (Å²) in [5, 5.41) is 0. The van der Waals surface area contributed by atoms with Gasteiger partial charge < -0.3 is 5.73 Å². The first-order chi connectivity index (χ1) is 6.08. The summed E-state index contributed by atoms with van der Waals surface area (Å²) in [6.07, 6.45) is 0. The van der Waals surface area contributed by atoms with E-state index in [-0.39, 0.29) is 5.56 Å². The highest BCUT2D eigenvalue weighted by Gasteiger charge is 1.98. The molecule has 5 heteroatoms. The molecule has 0 radical (unpaired) electrons. The summed E-state index contributed by atoms with van der Waals surface area (Å²) in [4.78, 5) is 13.0. The molecular weight excluding hydrogens is 178 g/mol. The van der Waals surface area contributed by atoms with E-state index < -0.39 is 17.8 Å². The summed E-state index contributed by atoms with van der Waals surface area (Å²) in [5.74, 6) is 1.28. The number of rotatable bonds is 0. The van der Waals surface area contributed by atoms with Crippen LogP contribution in [-0.2, 0) is 4.79 Å². The Morgan fingerprint density at radius 1 is 1.38 bits per heavy atom. The maximum Gasteiger partial charge on any atom is 0.293 e. The minimum Gasteiger partial charge on any atom is -0.359 e. The molecular formula is C8H4F2N2O. The Morgan fingerprint density at radius 3 is 2.38 bits per heavy atom. The van der Waals surface area contributed by atoms with Gasteiger partial charge in [0.15, 0.2) is 0 Å². The van der Waals surface area contributed by atoms with Crippen LogP contribution in [-0.4, -0.2) is 10.9 Å². The van der Waals surface area contributed by atoms with E-state index in [0.29, 0.717) is 0 Å². The van der Waals surface area contributed by atoms with Crippen molar-refractivity contribution in [2.75, 3.05) is 0 Å². The van der Waals surface area contributed by atoms with Crippen molar-refractivity contribution in [3.8, 4) is 11.8 Å². The number of nitrogens with zero attached hydrogens (tertiary/aromatic N) is 1. The van der Waals surface area contributed by atoms with E-state index in [1.165, 1.54) is 0 Å². The summed E-state index contributed by atoms with van der Waals surface area (Å²) in [5.41, 5.74) is 4.72. The van der Waals surface area contributed by atoms with Gasteiger partial charge in [-0.2, -0.15) is 13.8 Å². The van der Waals surface area contributed by atoms with Gasteiger partial charge in [-0.15, -0.1) is 0 Å². The molecule has 1 heterocycles. The topological polar surface area (TPSA) is 56.0 Å². The molecule has 1 amide bonds. The maximum absolute atomic E-state index is 12.4. The van der Waals surface area contributed by atoms with Gasteiger partial charge in [0.2, 0.25) is 11.9 Å². The molecule has 0 spiro atoms. The van der Waals surface area contributed by atoms with Gasteiger partial charge in [-0.25, -0.2) is 0 Å². The van der Waals surface area contributed by atoms with E-state index in [0.717, 1.165) is 12.1 Å². The predicted molar refractivity (Wildman–Crippen MR) is 40.2 cm³/mol.